The van der Waals surface area contributed by atoms with E-state index in [1.807, 2.05) is 0 Å². The van der Waals surface area contributed by atoms with Crippen LogP contribution in [0.4, 0.5) is 11.4 Å². The minimum atomic E-state index is -0.515. The van der Waals surface area contributed by atoms with E-state index in [2.05, 4.69) is 36.6 Å². The zero-order valence-electron chi connectivity index (χ0n) is 19.8. The van der Waals surface area contributed by atoms with E-state index < -0.39 is 11.6 Å². The largest absolute Gasteiger partial charge is 0.507 e. The molecular formula is C25H29N7O4. The van der Waals surface area contributed by atoms with Crippen LogP contribution >= 0.6 is 0 Å². The molecule has 36 heavy (non-hydrogen) atoms. The summed E-state index contributed by atoms with van der Waals surface area (Å²) in [6, 6.07) is 5.96. The van der Waals surface area contributed by atoms with Crippen LogP contribution in [0.2, 0.25) is 0 Å². The van der Waals surface area contributed by atoms with E-state index >= 15 is 0 Å². The average Bonchev–Trinajstić information content (AvgIpc) is 3.59. The maximum Gasteiger partial charge on any atom is 0.200 e. The molecule has 3 aliphatic rings. The fraction of sp³-hybridized carbons (Fsp3) is 0.360. The number of rotatable bonds is 9. The van der Waals surface area contributed by atoms with Gasteiger partial charge in [-0.3, -0.25) is 19.6 Å². The van der Waals surface area contributed by atoms with E-state index in [1.54, 1.807) is 12.1 Å². The summed E-state index contributed by atoms with van der Waals surface area (Å²) in [6.45, 7) is 4.68. The highest BCUT2D eigenvalue weighted by molar-refractivity contribution is 6.33. The van der Waals surface area contributed by atoms with Crippen LogP contribution in [0.1, 0.15) is 44.7 Å². The second kappa shape index (κ2) is 10.1. The van der Waals surface area contributed by atoms with E-state index in [-0.39, 0.29) is 33.8 Å². The minimum absolute atomic E-state index is 0.0570. The number of hydrogen-bond donors (Lipinski definition) is 7. The van der Waals surface area contributed by atoms with Gasteiger partial charge in [-0.25, -0.2) is 0 Å². The summed E-state index contributed by atoms with van der Waals surface area (Å²) in [7, 11) is 0. The highest BCUT2D eigenvalue weighted by atomic mass is 16.3. The second-order valence-electron chi connectivity index (χ2n) is 8.72. The number of phenolic OH excluding ortho intramolecular Hbond substituents is 2. The van der Waals surface area contributed by atoms with Crippen molar-refractivity contribution >= 4 is 34.7 Å². The van der Waals surface area contributed by atoms with Gasteiger partial charge in [-0.2, -0.15) is 0 Å². The first kappa shape index (κ1) is 23.5. The van der Waals surface area contributed by atoms with E-state index in [0.29, 0.717) is 31.0 Å². The van der Waals surface area contributed by atoms with Crippen molar-refractivity contribution in [1.82, 2.24) is 16.0 Å². The Labute approximate surface area is 208 Å². The molecule has 0 saturated heterocycles. The molecule has 0 amide bonds. The van der Waals surface area contributed by atoms with Crippen LogP contribution in [0, 0.1) is 0 Å². The first-order valence-corrected chi connectivity index (χ1v) is 12.1. The fourth-order valence-corrected chi connectivity index (χ4v) is 4.65. The molecule has 0 bridgehead atoms. The quantitative estimate of drug-likeness (QED) is 0.171. The zero-order valence-corrected chi connectivity index (χ0v) is 19.8. The summed E-state index contributed by atoms with van der Waals surface area (Å²) in [5.74, 6) is 0.119. The van der Waals surface area contributed by atoms with Crippen molar-refractivity contribution in [2.24, 2.45) is 9.98 Å². The monoisotopic (exact) mass is 491 g/mol. The maximum absolute atomic E-state index is 13.6. The Morgan fingerprint density at radius 1 is 0.722 bits per heavy atom. The Bertz CT molecular complexity index is 1170. The number of phenols is 2. The summed E-state index contributed by atoms with van der Waals surface area (Å²) in [5, 5.41) is 37.0. The lowest BCUT2D eigenvalue weighted by Gasteiger charge is -2.24. The minimum Gasteiger partial charge on any atom is -0.507 e. The SMILES string of the molecule is O=C1c2c(O)ccc(NCCNC3=NCCN3)c2C(=O)c2c(O)ccc(NCCCC3=NCCN3)c21. The van der Waals surface area contributed by atoms with Gasteiger partial charge in [0.05, 0.1) is 41.2 Å². The fourth-order valence-electron chi connectivity index (χ4n) is 4.65. The van der Waals surface area contributed by atoms with Crippen molar-refractivity contribution in [3.05, 3.63) is 46.5 Å². The predicted octanol–water partition coefficient (Wildman–Crippen LogP) is 1.03. The number of carbonyl (C=O) groups is 2. The second-order valence-corrected chi connectivity index (χ2v) is 8.72. The first-order valence-electron chi connectivity index (χ1n) is 12.1. The summed E-state index contributed by atoms with van der Waals surface area (Å²) < 4.78 is 0. The van der Waals surface area contributed by atoms with Gasteiger partial charge in [-0.05, 0) is 30.7 Å². The molecule has 0 fully saturated rings. The third kappa shape index (κ3) is 4.51. The standard InChI is InChI=1S/C25H29N7O4/c33-16-5-3-14(26-7-1-2-18-28-9-10-29-18)19-21(16)24(36)20-15(4-6-17(34)22(20)23(19)35)27-8-11-30-25-31-12-13-32-25/h3-6,26-27,33-34H,1-2,7-13H2,(H,28,29)(H2,30,31,32). The lowest BCUT2D eigenvalue weighted by Crippen LogP contribution is -2.36. The molecular weight excluding hydrogens is 462 g/mol. The molecule has 11 nitrogen and oxygen atoms in total. The molecule has 2 aliphatic heterocycles. The number of aromatic hydroxyl groups is 2. The third-order valence-electron chi connectivity index (χ3n) is 6.33. The molecule has 7 N–H and O–H groups in total. The van der Waals surface area contributed by atoms with E-state index in [4.69, 9.17) is 0 Å². The van der Waals surface area contributed by atoms with Crippen LogP contribution in [0.25, 0.3) is 0 Å². The maximum atomic E-state index is 13.6. The molecule has 2 aromatic carbocycles. The smallest absolute Gasteiger partial charge is 0.200 e. The van der Waals surface area contributed by atoms with Gasteiger partial charge in [0.2, 0.25) is 11.6 Å². The summed E-state index contributed by atoms with van der Waals surface area (Å²) in [6.07, 6.45) is 1.55. The molecule has 2 aromatic rings. The Hall–Kier alpha value is -4.28. The number of hydrogen-bond acceptors (Lipinski definition) is 11. The topological polar surface area (TPSA) is 159 Å². The van der Waals surface area contributed by atoms with Crippen molar-refractivity contribution in [3.8, 4) is 11.5 Å². The van der Waals surface area contributed by atoms with Crippen LogP contribution in [-0.4, -0.2) is 79.4 Å². The van der Waals surface area contributed by atoms with Crippen molar-refractivity contribution in [2.75, 3.05) is 56.4 Å². The first-order chi connectivity index (χ1) is 17.5. The van der Waals surface area contributed by atoms with E-state index in [1.165, 1.54) is 12.1 Å². The van der Waals surface area contributed by atoms with Crippen LogP contribution in [0.3, 0.4) is 0 Å². The van der Waals surface area contributed by atoms with Crippen molar-refractivity contribution < 1.29 is 19.8 Å². The molecule has 2 heterocycles. The molecule has 0 saturated carbocycles. The third-order valence-corrected chi connectivity index (χ3v) is 6.33. The number of guanidine groups is 1. The molecule has 5 rings (SSSR count). The van der Waals surface area contributed by atoms with Gasteiger partial charge in [-0.15, -0.1) is 0 Å². The molecule has 11 heteroatoms. The van der Waals surface area contributed by atoms with Crippen LogP contribution in [-0.2, 0) is 0 Å². The molecule has 188 valence electrons. The van der Waals surface area contributed by atoms with Gasteiger partial charge in [-0.1, -0.05) is 0 Å². The van der Waals surface area contributed by atoms with Crippen LogP contribution in [0.15, 0.2) is 34.3 Å². The van der Waals surface area contributed by atoms with Gasteiger partial charge < -0.3 is 36.8 Å². The van der Waals surface area contributed by atoms with Gasteiger partial charge in [0.15, 0.2) is 5.96 Å². The Morgan fingerprint density at radius 3 is 1.89 bits per heavy atom. The number of fused-ring (bicyclic) bond motifs is 2. The van der Waals surface area contributed by atoms with Crippen LogP contribution < -0.4 is 26.6 Å². The van der Waals surface area contributed by atoms with Gasteiger partial charge in [0.1, 0.15) is 11.5 Å². The summed E-state index contributed by atoms with van der Waals surface area (Å²) in [5.41, 5.74) is 0.864. The Balaban J connectivity index is 1.36. The van der Waals surface area contributed by atoms with Gasteiger partial charge in [0, 0.05) is 50.5 Å². The predicted molar refractivity (Wildman–Crippen MR) is 138 cm³/mol. The number of amidine groups is 1. The molecule has 0 unspecified atom stereocenters. The Kier molecular flexibility index (Phi) is 6.61. The van der Waals surface area contributed by atoms with E-state index in [0.717, 1.165) is 50.8 Å². The number of carbonyl (C=O) groups excluding carboxylic acids is 2. The van der Waals surface area contributed by atoms with Gasteiger partial charge in [0.25, 0.3) is 0 Å². The molecule has 1 aliphatic carbocycles. The lowest BCUT2D eigenvalue weighted by atomic mass is 9.81. The number of benzene rings is 2. The highest BCUT2D eigenvalue weighted by Crippen LogP contribution is 2.42. The number of nitrogens with one attached hydrogen (secondary N) is 5. The molecule has 0 radical (unpaired) electrons. The zero-order chi connectivity index (χ0) is 25.1. The molecule has 0 atom stereocenters. The number of aliphatic imine (C=N–C) groups is 2. The molecule has 0 aromatic heterocycles. The highest BCUT2D eigenvalue weighted by Gasteiger charge is 2.37. The van der Waals surface area contributed by atoms with Gasteiger partial charge >= 0.3 is 0 Å². The lowest BCUT2D eigenvalue weighted by molar-refractivity contribution is 0.0975. The van der Waals surface area contributed by atoms with Crippen LogP contribution in [0.5, 0.6) is 11.5 Å². The van der Waals surface area contributed by atoms with Crippen molar-refractivity contribution in [2.45, 2.75) is 12.8 Å². The average molecular weight is 492 g/mol. The number of ketones is 2. The Morgan fingerprint density at radius 2 is 1.31 bits per heavy atom. The van der Waals surface area contributed by atoms with E-state index in [9.17, 15) is 19.8 Å². The van der Waals surface area contributed by atoms with Crippen molar-refractivity contribution in [3.63, 3.8) is 0 Å². The summed E-state index contributed by atoms with van der Waals surface area (Å²) >= 11 is 0. The van der Waals surface area contributed by atoms with Crippen molar-refractivity contribution in [1.29, 1.82) is 0 Å². The number of anilines is 2. The normalized spacial score (nSPS) is 15.9. The molecule has 0 spiro atoms. The number of nitrogens with zero attached hydrogens (tertiary/aromatic N) is 2. The summed E-state index contributed by atoms with van der Waals surface area (Å²) in [4.78, 5) is 35.8.